The average Bonchev–Trinajstić information content (AvgIpc) is 2.78. The first-order valence-corrected chi connectivity index (χ1v) is 10.6. The molecular formula is C24H16FIN2O4. The van der Waals surface area contributed by atoms with Gasteiger partial charge in [-0.05, 0) is 76.2 Å². The lowest BCUT2D eigenvalue weighted by atomic mass is 10.1. The van der Waals surface area contributed by atoms with E-state index < -0.39 is 23.7 Å². The van der Waals surface area contributed by atoms with Gasteiger partial charge in [0, 0.05) is 0 Å². The lowest BCUT2D eigenvalue weighted by molar-refractivity contribution is -0.122. The molecule has 1 fully saturated rings. The number of nitrogens with zero attached hydrogens (tertiary/aromatic N) is 1. The molecule has 0 atom stereocenters. The third kappa shape index (κ3) is 4.70. The predicted molar refractivity (Wildman–Crippen MR) is 125 cm³/mol. The van der Waals surface area contributed by atoms with E-state index in [1.807, 2.05) is 30.3 Å². The van der Waals surface area contributed by atoms with E-state index >= 15 is 0 Å². The quantitative estimate of drug-likeness (QED) is 0.289. The van der Waals surface area contributed by atoms with Gasteiger partial charge in [0.1, 0.15) is 23.7 Å². The molecule has 1 aliphatic heterocycles. The highest BCUT2D eigenvalue weighted by molar-refractivity contribution is 14.1. The molecule has 4 rings (SSSR count). The van der Waals surface area contributed by atoms with Crippen molar-refractivity contribution in [2.45, 2.75) is 6.61 Å². The Hall–Kier alpha value is -3.53. The van der Waals surface area contributed by atoms with Crippen LogP contribution in [0.3, 0.4) is 0 Å². The fourth-order valence-electron chi connectivity index (χ4n) is 3.11. The van der Waals surface area contributed by atoms with Crippen molar-refractivity contribution in [1.82, 2.24) is 5.32 Å². The predicted octanol–water partition coefficient (Wildman–Crippen LogP) is 4.68. The largest absolute Gasteiger partial charge is 0.488 e. The number of rotatable bonds is 5. The molecule has 3 aromatic carbocycles. The number of hydrogen-bond acceptors (Lipinski definition) is 4. The van der Waals surface area contributed by atoms with Gasteiger partial charge in [0.2, 0.25) is 0 Å². The number of benzene rings is 3. The molecule has 4 amide bonds. The van der Waals surface area contributed by atoms with Gasteiger partial charge in [-0.3, -0.25) is 14.9 Å². The third-order valence-electron chi connectivity index (χ3n) is 4.69. The van der Waals surface area contributed by atoms with Crippen molar-refractivity contribution in [2.75, 3.05) is 4.90 Å². The lowest BCUT2D eigenvalue weighted by Gasteiger charge is -2.26. The summed E-state index contributed by atoms with van der Waals surface area (Å²) in [6.45, 7) is 0.410. The maximum absolute atomic E-state index is 13.2. The molecule has 1 heterocycles. The Morgan fingerprint density at radius 2 is 1.69 bits per heavy atom. The number of nitrogens with one attached hydrogen (secondary N) is 1. The van der Waals surface area contributed by atoms with Crippen molar-refractivity contribution < 1.29 is 23.5 Å². The maximum Gasteiger partial charge on any atom is 0.335 e. The Labute approximate surface area is 196 Å². The molecule has 32 heavy (non-hydrogen) atoms. The summed E-state index contributed by atoms with van der Waals surface area (Å²) in [5, 5.41) is 2.15. The van der Waals surface area contributed by atoms with E-state index in [1.165, 1.54) is 18.2 Å². The smallest absolute Gasteiger partial charge is 0.335 e. The van der Waals surface area contributed by atoms with Crippen LogP contribution < -0.4 is 15.0 Å². The number of hydrogen-bond donors (Lipinski definition) is 1. The van der Waals surface area contributed by atoms with E-state index in [-0.39, 0.29) is 11.3 Å². The van der Waals surface area contributed by atoms with Gasteiger partial charge in [-0.2, -0.15) is 0 Å². The van der Waals surface area contributed by atoms with Gasteiger partial charge in [0.25, 0.3) is 11.8 Å². The molecule has 0 bridgehead atoms. The molecule has 0 saturated carbocycles. The van der Waals surface area contributed by atoms with Crippen LogP contribution in [-0.2, 0) is 16.2 Å². The third-order valence-corrected chi connectivity index (χ3v) is 5.53. The molecule has 0 radical (unpaired) electrons. The molecule has 1 aliphatic rings. The highest BCUT2D eigenvalue weighted by Crippen LogP contribution is 2.26. The van der Waals surface area contributed by atoms with E-state index in [1.54, 1.807) is 18.2 Å². The van der Waals surface area contributed by atoms with Crippen molar-refractivity contribution in [3.05, 3.63) is 98.9 Å². The molecular weight excluding hydrogens is 526 g/mol. The van der Waals surface area contributed by atoms with Gasteiger partial charge in [-0.15, -0.1) is 0 Å². The summed E-state index contributed by atoms with van der Waals surface area (Å²) in [4.78, 5) is 38.3. The van der Waals surface area contributed by atoms with E-state index in [0.717, 1.165) is 26.2 Å². The number of urea groups is 1. The number of carbonyl (C=O) groups is 3. The minimum atomic E-state index is -0.886. The molecule has 6 nitrogen and oxygen atoms in total. The summed E-state index contributed by atoms with van der Waals surface area (Å²) < 4.78 is 19.9. The number of amides is 4. The van der Waals surface area contributed by atoms with Gasteiger partial charge in [-0.1, -0.05) is 36.4 Å². The molecule has 0 aliphatic carbocycles. The van der Waals surface area contributed by atoms with E-state index in [0.29, 0.717) is 17.9 Å². The normalized spacial score (nSPS) is 15.1. The molecule has 1 saturated heterocycles. The maximum atomic E-state index is 13.2. The highest BCUT2D eigenvalue weighted by Gasteiger charge is 2.36. The first kappa shape index (κ1) is 21.7. The highest BCUT2D eigenvalue weighted by atomic mass is 127. The molecule has 160 valence electrons. The fourth-order valence-corrected chi connectivity index (χ4v) is 3.80. The summed E-state index contributed by atoms with van der Waals surface area (Å²) in [6.07, 6.45) is 1.41. The standard InChI is InChI=1S/C24H16FIN2O4/c25-17-7-9-18(10-8-17)28-23(30)19(22(29)27-24(28)31)12-16-6-11-21(20(26)13-16)32-14-15-4-2-1-3-5-15/h1-13H,14H2,(H,27,29,31)/b19-12+. The molecule has 0 aromatic heterocycles. The van der Waals surface area contributed by atoms with Crippen molar-refractivity contribution >= 4 is 52.2 Å². The van der Waals surface area contributed by atoms with Crippen LogP contribution in [0.1, 0.15) is 11.1 Å². The van der Waals surface area contributed by atoms with Crippen LogP contribution in [0.5, 0.6) is 5.75 Å². The van der Waals surface area contributed by atoms with E-state index in [9.17, 15) is 18.8 Å². The van der Waals surface area contributed by atoms with Crippen molar-refractivity contribution in [2.24, 2.45) is 0 Å². The summed E-state index contributed by atoms with van der Waals surface area (Å²) in [5.41, 5.74) is 1.58. The number of barbiturate groups is 1. The molecule has 0 spiro atoms. The van der Waals surface area contributed by atoms with Crippen LogP contribution in [0, 0.1) is 9.39 Å². The number of imide groups is 2. The van der Waals surface area contributed by atoms with Crippen molar-refractivity contribution in [1.29, 1.82) is 0 Å². The Kier molecular flexibility index (Phi) is 6.31. The van der Waals surface area contributed by atoms with Crippen molar-refractivity contribution in [3.63, 3.8) is 0 Å². The first-order chi connectivity index (χ1) is 15.4. The van der Waals surface area contributed by atoms with Gasteiger partial charge in [-0.25, -0.2) is 14.1 Å². The fraction of sp³-hybridized carbons (Fsp3) is 0.0417. The van der Waals surface area contributed by atoms with Gasteiger partial charge in [0.05, 0.1) is 9.26 Å². The summed E-state index contributed by atoms with van der Waals surface area (Å²) in [6, 6.07) is 18.9. The van der Waals surface area contributed by atoms with Crippen molar-refractivity contribution in [3.8, 4) is 5.75 Å². The SMILES string of the molecule is O=C1NC(=O)N(c2ccc(F)cc2)C(=O)/C1=C/c1ccc(OCc2ccccc2)c(I)c1. The number of carbonyl (C=O) groups excluding carboxylic acids is 3. The van der Waals surface area contributed by atoms with E-state index in [2.05, 4.69) is 27.9 Å². The zero-order chi connectivity index (χ0) is 22.7. The number of halogens is 2. The van der Waals surface area contributed by atoms with Gasteiger partial charge >= 0.3 is 6.03 Å². The summed E-state index contributed by atoms with van der Waals surface area (Å²) >= 11 is 2.11. The first-order valence-electron chi connectivity index (χ1n) is 9.55. The second-order valence-corrected chi connectivity index (χ2v) is 8.06. The molecule has 8 heteroatoms. The Bertz CT molecular complexity index is 1230. The number of ether oxygens (including phenoxy) is 1. The minimum Gasteiger partial charge on any atom is -0.488 e. The Balaban J connectivity index is 1.57. The summed E-state index contributed by atoms with van der Waals surface area (Å²) in [5.74, 6) is -1.42. The van der Waals surface area contributed by atoms with Gasteiger partial charge < -0.3 is 4.74 Å². The van der Waals surface area contributed by atoms with Crippen LogP contribution in [0.25, 0.3) is 6.08 Å². The topological polar surface area (TPSA) is 75.7 Å². The average molecular weight is 542 g/mol. The zero-order valence-corrected chi connectivity index (χ0v) is 18.7. The number of anilines is 1. The summed E-state index contributed by atoms with van der Waals surface area (Å²) in [7, 11) is 0. The second-order valence-electron chi connectivity index (χ2n) is 6.90. The monoisotopic (exact) mass is 542 g/mol. The lowest BCUT2D eigenvalue weighted by Crippen LogP contribution is -2.54. The van der Waals surface area contributed by atoms with Crippen LogP contribution in [0.4, 0.5) is 14.9 Å². The van der Waals surface area contributed by atoms with Crippen LogP contribution in [0.15, 0.2) is 78.4 Å². The van der Waals surface area contributed by atoms with Crippen LogP contribution in [-0.4, -0.2) is 17.8 Å². The minimum absolute atomic E-state index is 0.159. The molecule has 1 N–H and O–H groups in total. The van der Waals surface area contributed by atoms with E-state index in [4.69, 9.17) is 4.74 Å². The second kappa shape index (κ2) is 9.31. The molecule has 3 aromatic rings. The Morgan fingerprint density at radius 1 is 0.969 bits per heavy atom. The Morgan fingerprint density at radius 3 is 2.38 bits per heavy atom. The zero-order valence-electron chi connectivity index (χ0n) is 16.5. The van der Waals surface area contributed by atoms with Gasteiger partial charge in [0.15, 0.2) is 0 Å². The van der Waals surface area contributed by atoms with Crippen LogP contribution in [0.2, 0.25) is 0 Å². The van der Waals surface area contributed by atoms with Crippen LogP contribution >= 0.6 is 22.6 Å². The molecule has 0 unspecified atom stereocenters.